The van der Waals surface area contributed by atoms with Crippen LogP contribution in [-0.2, 0) is 0 Å². The van der Waals surface area contributed by atoms with Crippen LogP contribution in [0.25, 0.3) is 0 Å². The number of methoxy groups -OCH3 is 1. The molecular weight excluding hydrogens is 274 g/mol. The number of likely N-dealkylation sites (tertiary alicyclic amines) is 1. The topological polar surface area (TPSA) is 29.5 Å². The largest absolute Gasteiger partial charge is 0.497 e. The lowest BCUT2D eigenvalue weighted by Crippen LogP contribution is -2.28. The molecule has 1 aliphatic rings. The lowest BCUT2D eigenvalue weighted by atomic mass is 9.90. The van der Waals surface area contributed by atoms with Crippen molar-refractivity contribution in [3.8, 4) is 5.75 Å². The van der Waals surface area contributed by atoms with Gasteiger partial charge in [-0.3, -0.25) is 4.79 Å². The quantitative estimate of drug-likeness (QED) is 0.866. The van der Waals surface area contributed by atoms with Gasteiger partial charge in [-0.05, 0) is 29.7 Å². The highest BCUT2D eigenvalue weighted by molar-refractivity contribution is 5.94. The Bertz CT molecular complexity index is 653. The normalized spacial score (nSPS) is 20.9. The molecule has 0 spiro atoms. The Balaban J connectivity index is 1.77. The van der Waals surface area contributed by atoms with Crippen LogP contribution < -0.4 is 4.74 Å². The maximum Gasteiger partial charge on any atom is 0.254 e. The highest BCUT2D eigenvalue weighted by atomic mass is 16.5. The molecule has 2 unspecified atom stereocenters. The molecule has 1 saturated heterocycles. The fourth-order valence-corrected chi connectivity index (χ4v) is 3.21. The second-order valence-corrected chi connectivity index (χ2v) is 5.94. The van der Waals surface area contributed by atoms with E-state index in [1.807, 2.05) is 35.2 Å². The average molecular weight is 295 g/mol. The van der Waals surface area contributed by atoms with Crippen molar-refractivity contribution in [2.75, 3.05) is 20.2 Å². The predicted molar refractivity (Wildman–Crippen MR) is 87.2 cm³/mol. The number of hydrogen-bond donors (Lipinski definition) is 0. The zero-order valence-electron chi connectivity index (χ0n) is 13.0. The van der Waals surface area contributed by atoms with Gasteiger partial charge in [0.15, 0.2) is 0 Å². The SMILES string of the molecule is COc1cccc(C(=O)N2CC(C)C(c3ccccc3)C2)c1. The summed E-state index contributed by atoms with van der Waals surface area (Å²) in [4.78, 5) is 14.7. The molecule has 0 N–H and O–H groups in total. The maximum atomic E-state index is 12.7. The average Bonchev–Trinajstić information content (AvgIpc) is 2.97. The van der Waals surface area contributed by atoms with Gasteiger partial charge in [0.25, 0.3) is 5.91 Å². The van der Waals surface area contributed by atoms with Crippen LogP contribution in [0.15, 0.2) is 54.6 Å². The van der Waals surface area contributed by atoms with Crippen molar-refractivity contribution in [2.45, 2.75) is 12.8 Å². The van der Waals surface area contributed by atoms with Crippen molar-refractivity contribution < 1.29 is 9.53 Å². The molecular formula is C19H21NO2. The number of benzene rings is 2. The molecule has 114 valence electrons. The van der Waals surface area contributed by atoms with Gasteiger partial charge in [0, 0.05) is 24.6 Å². The van der Waals surface area contributed by atoms with Gasteiger partial charge in [-0.25, -0.2) is 0 Å². The Labute approximate surface area is 131 Å². The molecule has 3 rings (SSSR count). The van der Waals surface area contributed by atoms with E-state index in [-0.39, 0.29) is 5.91 Å². The summed E-state index contributed by atoms with van der Waals surface area (Å²) in [5.74, 6) is 1.69. The summed E-state index contributed by atoms with van der Waals surface area (Å²) < 4.78 is 5.21. The van der Waals surface area contributed by atoms with Crippen LogP contribution in [-0.4, -0.2) is 31.0 Å². The molecule has 1 aliphatic heterocycles. The summed E-state index contributed by atoms with van der Waals surface area (Å²) >= 11 is 0. The second kappa shape index (κ2) is 6.22. The maximum absolute atomic E-state index is 12.7. The third kappa shape index (κ3) is 2.84. The van der Waals surface area contributed by atoms with Crippen LogP contribution >= 0.6 is 0 Å². The van der Waals surface area contributed by atoms with Crippen LogP contribution in [0.1, 0.15) is 28.8 Å². The zero-order valence-corrected chi connectivity index (χ0v) is 13.0. The Morgan fingerprint density at radius 2 is 1.86 bits per heavy atom. The van der Waals surface area contributed by atoms with E-state index < -0.39 is 0 Å². The van der Waals surface area contributed by atoms with E-state index in [4.69, 9.17) is 4.74 Å². The van der Waals surface area contributed by atoms with Crippen LogP contribution in [0.3, 0.4) is 0 Å². The van der Waals surface area contributed by atoms with E-state index in [0.29, 0.717) is 17.4 Å². The highest BCUT2D eigenvalue weighted by Crippen LogP contribution is 2.33. The molecule has 22 heavy (non-hydrogen) atoms. The van der Waals surface area contributed by atoms with Gasteiger partial charge >= 0.3 is 0 Å². The Hall–Kier alpha value is -2.29. The molecule has 3 heteroatoms. The predicted octanol–water partition coefficient (Wildman–Crippen LogP) is 3.57. The van der Waals surface area contributed by atoms with Crippen molar-refractivity contribution in [2.24, 2.45) is 5.92 Å². The molecule has 1 fully saturated rings. The van der Waals surface area contributed by atoms with Crippen molar-refractivity contribution in [1.82, 2.24) is 4.90 Å². The molecule has 2 atom stereocenters. The lowest BCUT2D eigenvalue weighted by Gasteiger charge is -2.17. The molecule has 1 heterocycles. The molecule has 0 saturated carbocycles. The van der Waals surface area contributed by atoms with Crippen molar-refractivity contribution in [3.63, 3.8) is 0 Å². The molecule has 0 radical (unpaired) electrons. The van der Waals surface area contributed by atoms with Gasteiger partial charge in [0.05, 0.1) is 7.11 Å². The molecule has 2 aromatic carbocycles. The first kappa shape index (κ1) is 14.6. The summed E-state index contributed by atoms with van der Waals surface area (Å²) in [6, 6.07) is 17.8. The molecule has 0 aromatic heterocycles. The van der Waals surface area contributed by atoms with Gasteiger partial charge < -0.3 is 9.64 Å². The summed E-state index contributed by atoms with van der Waals surface area (Å²) in [6.07, 6.45) is 0. The van der Waals surface area contributed by atoms with Crippen molar-refractivity contribution in [1.29, 1.82) is 0 Å². The summed E-state index contributed by atoms with van der Waals surface area (Å²) in [5, 5.41) is 0. The van der Waals surface area contributed by atoms with Gasteiger partial charge in [-0.1, -0.05) is 43.3 Å². The van der Waals surface area contributed by atoms with Crippen LogP contribution in [0.4, 0.5) is 0 Å². The molecule has 1 amide bonds. The van der Waals surface area contributed by atoms with E-state index in [0.717, 1.165) is 18.8 Å². The van der Waals surface area contributed by atoms with E-state index in [2.05, 4.69) is 31.2 Å². The number of carbonyl (C=O) groups is 1. The smallest absolute Gasteiger partial charge is 0.254 e. The Kier molecular flexibility index (Phi) is 4.14. The minimum absolute atomic E-state index is 0.0872. The number of rotatable bonds is 3. The first-order valence-electron chi connectivity index (χ1n) is 7.67. The zero-order chi connectivity index (χ0) is 15.5. The Morgan fingerprint density at radius 3 is 2.59 bits per heavy atom. The monoisotopic (exact) mass is 295 g/mol. The number of carbonyl (C=O) groups excluding carboxylic acids is 1. The van der Waals surface area contributed by atoms with Gasteiger partial charge in [-0.15, -0.1) is 0 Å². The first-order valence-corrected chi connectivity index (χ1v) is 7.67. The van der Waals surface area contributed by atoms with E-state index in [1.54, 1.807) is 7.11 Å². The third-order valence-electron chi connectivity index (χ3n) is 4.44. The minimum atomic E-state index is 0.0872. The lowest BCUT2D eigenvalue weighted by molar-refractivity contribution is 0.0786. The number of ether oxygens (including phenoxy) is 1. The molecule has 0 bridgehead atoms. The van der Waals surface area contributed by atoms with Gasteiger partial charge in [0.2, 0.25) is 0 Å². The summed E-state index contributed by atoms with van der Waals surface area (Å²) in [5.41, 5.74) is 2.01. The van der Waals surface area contributed by atoms with Crippen LogP contribution in [0.2, 0.25) is 0 Å². The third-order valence-corrected chi connectivity index (χ3v) is 4.44. The Morgan fingerprint density at radius 1 is 1.09 bits per heavy atom. The minimum Gasteiger partial charge on any atom is -0.497 e. The van der Waals surface area contributed by atoms with E-state index >= 15 is 0 Å². The standard InChI is InChI=1S/C19H21NO2/c1-14-12-20(13-18(14)15-7-4-3-5-8-15)19(21)16-9-6-10-17(11-16)22-2/h3-11,14,18H,12-13H2,1-2H3. The van der Waals surface area contributed by atoms with Crippen LogP contribution in [0.5, 0.6) is 5.75 Å². The summed E-state index contributed by atoms with van der Waals surface area (Å²) in [6.45, 7) is 3.80. The second-order valence-electron chi connectivity index (χ2n) is 5.94. The van der Waals surface area contributed by atoms with Gasteiger partial charge in [-0.2, -0.15) is 0 Å². The van der Waals surface area contributed by atoms with Crippen molar-refractivity contribution in [3.05, 3.63) is 65.7 Å². The highest BCUT2D eigenvalue weighted by Gasteiger charge is 2.33. The summed E-state index contributed by atoms with van der Waals surface area (Å²) in [7, 11) is 1.62. The van der Waals surface area contributed by atoms with Crippen molar-refractivity contribution >= 4 is 5.91 Å². The molecule has 0 aliphatic carbocycles. The number of hydrogen-bond acceptors (Lipinski definition) is 2. The van der Waals surface area contributed by atoms with E-state index in [1.165, 1.54) is 5.56 Å². The fraction of sp³-hybridized carbons (Fsp3) is 0.316. The molecule has 2 aromatic rings. The van der Waals surface area contributed by atoms with Crippen LogP contribution in [0, 0.1) is 5.92 Å². The van der Waals surface area contributed by atoms with Gasteiger partial charge in [0.1, 0.15) is 5.75 Å². The first-order chi connectivity index (χ1) is 10.7. The number of amides is 1. The fourth-order valence-electron chi connectivity index (χ4n) is 3.21. The van der Waals surface area contributed by atoms with E-state index in [9.17, 15) is 4.79 Å². The molecule has 3 nitrogen and oxygen atoms in total. The number of nitrogens with zero attached hydrogens (tertiary/aromatic N) is 1.